The highest BCUT2D eigenvalue weighted by Gasteiger charge is 2.33. The van der Waals surface area contributed by atoms with Gasteiger partial charge in [0.15, 0.2) is 0 Å². The van der Waals surface area contributed by atoms with Crippen molar-refractivity contribution in [3.05, 3.63) is 47.3 Å². The number of amides is 1. The predicted octanol–water partition coefficient (Wildman–Crippen LogP) is 2.21. The summed E-state index contributed by atoms with van der Waals surface area (Å²) in [5, 5.41) is 4.38. The number of piperidine rings is 1. The number of hydrogen-bond donors (Lipinski definition) is 1. The molecule has 0 spiro atoms. The third-order valence-corrected chi connectivity index (χ3v) is 6.92. The van der Waals surface area contributed by atoms with Gasteiger partial charge in [-0.3, -0.25) is 9.48 Å². The number of aromatic nitrogens is 2. The molecule has 1 atom stereocenters. The van der Waals surface area contributed by atoms with Crippen molar-refractivity contribution in [2.24, 2.45) is 12.8 Å². The van der Waals surface area contributed by atoms with E-state index in [0.29, 0.717) is 35.7 Å². The van der Waals surface area contributed by atoms with Crippen LogP contribution in [0.15, 0.2) is 35.4 Å². The molecular formula is C19H26N4O3S. The first-order valence-electron chi connectivity index (χ1n) is 9.13. The lowest BCUT2D eigenvalue weighted by atomic mass is 9.93. The van der Waals surface area contributed by atoms with E-state index in [1.165, 1.54) is 4.31 Å². The van der Waals surface area contributed by atoms with Crippen LogP contribution in [-0.4, -0.2) is 41.5 Å². The van der Waals surface area contributed by atoms with Gasteiger partial charge in [-0.2, -0.15) is 9.40 Å². The maximum Gasteiger partial charge on any atom is 0.252 e. The number of carbonyl (C=O) groups excluding carboxylic acids is 1. The molecule has 0 saturated carbocycles. The van der Waals surface area contributed by atoms with Crippen LogP contribution in [0.1, 0.15) is 60.1 Å². The molecule has 2 aromatic rings. The average Bonchev–Trinajstić information content (AvgIpc) is 3.04. The molecule has 3 rings (SSSR count). The van der Waals surface area contributed by atoms with Crippen molar-refractivity contribution in [2.45, 2.75) is 43.4 Å². The molecule has 1 amide bonds. The Labute approximate surface area is 160 Å². The van der Waals surface area contributed by atoms with E-state index in [-0.39, 0.29) is 11.8 Å². The zero-order chi connectivity index (χ0) is 19.8. The third kappa shape index (κ3) is 3.91. The number of aryl methyl sites for hydroxylation is 1. The summed E-state index contributed by atoms with van der Waals surface area (Å²) in [6.45, 7) is 4.83. The van der Waals surface area contributed by atoms with Crippen molar-refractivity contribution in [3.63, 3.8) is 0 Å². The van der Waals surface area contributed by atoms with Gasteiger partial charge in [-0.05, 0) is 36.5 Å². The van der Waals surface area contributed by atoms with Gasteiger partial charge in [0.2, 0.25) is 10.0 Å². The van der Waals surface area contributed by atoms with Gasteiger partial charge >= 0.3 is 0 Å². The molecular weight excluding hydrogens is 364 g/mol. The second-order valence-corrected chi connectivity index (χ2v) is 9.33. The first-order chi connectivity index (χ1) is 12.7. The van der Waals surface area contributed by atoms with Gasteiger partial charge in [0.25, 0.3) is 5.91 Å². The number of sulfonamides is 1. The van der Waals surface area contributed by atoms with E-state index >= 15 is 0 Å². The molecule has 27 heavy (non-hydrogen) atoms. The van der Waals surface area contributed by atoms with Crippen LogP contribution in [0, 0.1) is 0 Å². The first-order valence-corrected chi connectivity index (χ1v) is 10.6. The van der Waals surface area contributed by atoms with Crippen molar-refractivity contribution >= 4 is 15.9 Å². The lowest BCUT2D eigenvalue weighted by Gasteiger charge is -2.31. The van der Waals surface area contributed by atoms with Gasteiger partial charge in [-0.15, -0.1) is 0 Å². The Bertz CT molecular complexity index is 950. The average molecular weight is 391 g/mol. The summed E-state index contributed by atoms with van der Waals surface area (Å²) in [4.78, 5) is 12.0. The van der Waals surface area contributed by atoms with Gasteiger partial charge in [0, 0.05) is 32.3 Å². The van der Waals surface area contributed by atoms with E-state index in [4.69, 9.17) is 5.73 Å². The lowest BCUT2D eigenvalue weighted by molar-refractivity contribution is 0.0998. The fourth-order valence-corrected chi connectivity index (χ4v) is 5.14. The summed E-state index contributed by atoms with van der Waals surface area (Å²) >= 11 is 0. The largest absolute Gasteiger partial charge is 0.365 e. The molecule has 1 aromatic carbocycles. The normalized spacial score (nSPS) is 18.7. The molecule has 1 aliphatic rings. The molecule has 1 saturated heterocycles. The van der Waals surface area contributed by atoms with E-state index in [0.717, 1.165) is 12.0 Å². The van der Waals surface area contributed by atoms with Crippen LogP contribution in [-0.2, 0) is 17.1 Å². The van der Waals surface area contributed by atoms with Crippen LogP contribution in [0.4, 0.5) is 0 Å². The van der Waals surface area contributed by atoms with Crippen LogP contribution in [0.25, 0.3) is 0 Å². The van der Waals surface area contributed by atoms with E-state index in [1.807, 2.05) is 19.9 Å². The quantitative estimate of drug-likeness (QED) is 0.846. The monoisotopic (exact) mass is 390 g/mol. The van der Waals surface area contributed by atoms with Crippen molar-refractivity contribution in [3.8, 4) is 0 Å². The van der Waals surface area contributed by atoms with Crippen LogP contribution in [0.5, 0.6) is 0 Å². The van der Waals surface area contributed by atoms with Crippen LogP contribution >= 0.6 is 0 Å². The first kappa shape index (κ1) is 19.6. The maximum absolute atomic E-state index is 13.2. The summed E-state index contributed by atoms with van der Waals surface area (Å²) in [7, 11) is -1.88. The summed E-state index contributed by atoms with van der Waals surface area (Å²) in [5.74, 6) is -0.436. The number of nitrogens with two attached hydrogens (primary N) is 1. The molecule has 146 valence electrons. The molecule has 2 heterocycles. The minimum Gasteiger partial charge on any atom is -0.365 e. The van der Waals surface area contributed by atoms with Gasteiger partial charge < -0.3 is 5.73 Å². The highest BCUT2D eigenvalue weighted by molar-refractivity contribution is 7.89. The van der Waals surface area contributed by atoms with E-state index in [2.05, 4.69) is 5.10 Å². The number of primary amides is 1. The van der Waals surface area contributed by atoms with E-state index in [9.17, 15) is 13.2 Å². The molecule has 0 unspecified atom stereocenters. The predicted molar refractivity (Wildman–Crippen MR) is 103 cm³/mol. The Balaban J connectivity index is 1.90. The summed E-state index contributed by atoms with van der Waals surface area (Å²) in [6, 6.07) is 7.11. The minimum absolute atomic E-state index is 0.148. The number of nitrogens with zero attached hydrogens (tertiary/aromatic N) is 3. The van der Waals surface area contributed by atoms with Crippen molar-refractivity contribution in [2.75, 3.05) is 13.1 Å². The summed E-state index contributed by atoms with van der Waals surface area (Å²) in [6.07, 6.45) is 3.08. The van der Waals surface area contributed by atoms with Crippen LogP contribution < -0.4 is 5.73 Å². The summed E-state index contributed by atoms with van der Waals surface area (Å²) in [5.41, 5.74) is 7.41. The Kier molecular flexibility index (Phi) is 5.39. The molecule has 0 aliphatic carbocycles. The Hall–Kier alpha value is -2.19. The molecule has 7 nitrogen and oxygen atoms in total. The van der Waals surface area contributed by atoms with Crippen molar-refractivity contribution in [1.29, 1.82) is 0 Å². The maximum atomic E-state index is 13.2. The summed E-state index contributed by atoms with van der Waals surface area (Å²) < 4.78 is 29.4. The number of carbonyl (C=O) groups is 1. The Morgan fingerprint density at radius 1 is 1.33 bits per heavy atom. The molecule has 0 radical (unpaired) electrons. The molecule has 1 aromatic heterocycles. The second-order valence-electron chi connectivity index (χ2n) is 7.40. The van der Waals surface area contributed by atoms with E-state index in [1.54, 1.807) is 36.1 Å². The van der Waals surface area contributed by atoms with Crippen LogP contribution in [0.3, 0.4) is 0 Å². The SMILES string of the molecule is CC(C)c1cccc(S(=O)(=O)N2CCC[C@H](c3nn(C)cc3C(N)=O)C2)c1. The second kappa shape index (κ2) is 7.44. The number of benzene rings is 1. The smallest absolute Gasteiger partial charge is 0.252 e. The van der Waals surface area contributed by atoms with Crippen molar-refractivity contribution < 1.29 is 13.2 Å². The molecule has 0 bridgehead atoms. The van der Waals surface area contributed by atoms with Gasteiger partial charge in [0.1, 0.15) is 0 Å². The van der Waals surface area contributed by atoms with Gasteiger partial charge in [0.05, 0.1) is 16.2 Å². The fraction of sp³-hybridized carbons (Fsp3) is 0.474. The Morgan fingerprint density at radius 3 is 2.74 bits per heavy atom. The van der Waals surface area contributed by atoms with Crippen LogP contribution in [0.2, 0.25) is 0 Å². The molecule has 8 heteroatoms. The van der Waals surface area contributed by atoms with Gasteiger partial charge in [-0.25, -0.2) is 8.42 Å². The highest BCUT2D eigenvalue weighted by Crippen LogP contribution is 2.31. The van der Waals surface area contributed by atoms with E-state index < -0.39 is 15.9 Å². The van der Waals surface area contributed by atoms with Gasteiger partial charge in [-0.1, -0.05) is 26.0 Å². The molecule has 2 N–H and O–H groups in total. The minimum atomic E-state index is -3.60. The Morgan fingerprint density at radius 2 is 2.07 bits per heavy atom. The number of hydrogen-bond acceptors (Lipinski definition) is 4. The zero-order valence-electron chi connectivity index (χ0n) is 15.9. The third-order valence-electron chi connectivity index (χ3n) is 5.06. The van der Waals surface area contributed by atoms with Crippen molar-refractivity contribution in [1.82, 2.24) is 14.1 Å². The molecule has 1 aliphatic heterocycles. The highest BCUT2D eigenvalue weighted by atomic mass is 32.2. The lowest BCUT2D eigenvalue weighted by Crippen LogP contribution is -2.39. The topological polar surface area (TPSA) is 98.3 Å². The zero-order valence-corrected chi connectivity index (χ0v) is 16.7. The fourth-order valence-electron chi connectivity index (χ4n) is 3.56. The number of rotatable bonds is 5. The standard InChI is InChI=1S/C19H26N4O3S/c1-13(2)14-6-4-8-16(10-14)27(25,26)23-9-5-7-15(11-23)18-17(19(20)24)12-22(3)21-18/h4,6,8,10,12-13,15H,5,7,9,11H2,1-3H3,(H2,20,24)/t15-/m0/s1. The molecule has 1 fully saturated rings.